The Balaban J connectivity index is 1.80. The van der Waals surface area contributed by atoms with E-state index in [9.17, 15) is 9.18 Å². The minimum Gasteiger partial charge on any atom is -0.338 e. The van der Waals surface area contributed by atoms with E-state index in [4.69, 9.17) is 0 Å². The third-order valence-corrected chi connectivity index (χ3v) is 3.22. The van der Waals surface area contributed by atoms with Crippen molar-refractivity contribution in [3.8, 4) is 0 Å². The van der Waals surface area contributed by atoms with E-state index in [1.807, 2.05) is 30.3 Å². The summed E-state index contributed by atoms with van der Waals surface area (Å²) < 4.78 is 14.0. The average molecular weight is 337 g/mol. The highest BCUT2D eigenvalue weighted by atomic mass is 19.1. The van der Waals surface area contributed by atoms with Gasteiger partial charge in [0.1, 0.15) is 0 Å². The van der Waals surface area contributed by atoms with Crippen LogP contribution >= 0.6 is 0 Å². The van der Waals surface area contributed by atoms with E-state index >= 15 is 0 Å². The molecule has 1 heterocycles. The largest absolute Gasteiger partial charge is 0.338 e. The molecule has 0 saturated heterocycles. The summed E-state index contributed by atoms with van der Waals surface area (Å²) in [6.45, 7) is 1.42. The monoisotopic (exact) mass is 337 g/mol. The Kier molecular flexibility index (Phi) is 4.84. The first-order valence-electron chi connectivity index (χ1n) is 7.59. The topological polar surface area (TPSA) is 78.9 Å². The lowest BCUT2D eigenvalue weighted by Crippen LogP contribution is -2.06. The lowest BCUT2D eigenvalue weighted by molar-refractivity contribution is -0.114. The van der Waals surface area contributed by atoms with E-state index in [1.54, 1.807) is 24.3 Å². The molecule has 25 heavy (non-hydrogen) atoms. The molecular formula is C18H16FN5O. The van der Waals surface area contributed by atoms with Crippen LogP contribution in [0.3, 0.4) is 0 Å². The van der Waals surface area contributed by atoms with E-state index in [-0.39, 0.29) is 17.7 Å². The minimum absolute atomic E-state index is 0.0356. The molecule has 2 aromatic carbocycles. The van der Waals surface area contributed by atoms with E-state index in [1.165, 1.54) is 6.92 Å². The molecule has 1 aromatic heterocycles. The summed E-state index contributed by atoms with van der Waals surface area (Å²) in [6.07, 6.45) is 1.10. The second-order valence-electron chi connectivity index (χ2n) is 5.27. The second kappa shape index (κ2) is 7.39. The van der Waals surface area contributed by atoms with Crippen LogP contribution in [0.5, 0.6) is 0 Å². The highest BCUT2D eigenvalue weighted by Crippen LogP contribution is 2.22. The maximum atomic E-state index is 14.0. The molecule has 7 heteroatoms. The van der Waals surface area contributed by atoms with Crippen molar-refractivity contribution < 1.29 is 9.18 Å². The molecule has 0 spiro atoms. The van der Waals surface area contributed by atoms with Crippen molar-refractivity contribution >= 4 is 34.7 Å². The number of carbonyl (C=O) groups is 1. The van der Waals surface area contributed by atoms with E-state index in [2.05, 4.69) is 25.9 Å². The van der Waals surface area contributed by atoms with Crippen LogP contribution in [-0.2, 0) is 4.79 Å². The molecule has 1 amide bonds. The van der Waals surface area contributed by atoms with Gasteiger partial charge in [0.25, 0.3) is 0 Å². The second-order valence-corrected chi connectivity index (χ2v) is 5.27. The zero-order valence-corrected chi connectivity index (χ0v) is 13.5. The molecule has 0 aliphatic rings. The van der Waals surface area contributed by atoms with E-state index in [0.717, 1.165) is 11.9 Å². The van der Waals surface area contributed by atoms with Gasteiger partial charge in [0, 0.05) is 24.0 Å². The Morgan fingerprint density at radius 2 is 1.68 bits per heavy atom. The molecule has 0 aliphatic heterocycles. The minimum atomic E-state index is -0.580. The fourth-order valence-corrected chi connectivity index (χ4v) is 2.18. The first-order chi connectivity index (χ1) is 12.1. The number of amides is 1. The molecule has 0 fully saturated rings. The van der Waals surface area contributed by atoms with Crippen molar-refractivity contribution in [1.29, 1.82) is 0 Å². The fraction of sp³-hybridized carbons (Fsp3) is 0.0556. The van der Waals surface area contributed by atoms with Crippen molar-refractivity contribution in [2.75, 3.05) is 16.0 Å². The third-order valence-electron chi connectivity index (χ3n) is 3.22. The third kappa shape index (κ3) is 4.51. The summed E-state index contributed by atoms with van der Waals surface area (Å²) in [6, 6.07) is 16.3. The Morgan fingerprint density at radius 1 is 0.960 bits per heavy atom. The van der Waals surface area contributed by atoms with Crippen molar-refractivity contribution in [3.05, 3.63) is 66.6 Å². The van der Waals surface area contributed by atoms with Gasteiger partial charge in [-0.1, -0.05) is 24.3 Å². The Hall–Kier alpha value is -3.48. The zero-order valence-electron chi connectivity index (χ0n) is 13.5. The predicted octanol–water partition coefficient (Wildman–Crippen LogP) is 4.06. The van der Waals surface area contributed by atoms with Crippen LogP contribution in [0.4, 0.5) is 33.2 Å². The van der Waals surface area contributed by atoms with E-state index in [0.29, 0.717) is 11.4 Å². The van der Waals surface area contributed by atoms with Gasteiger partial charge in [0.15, 0.2) is 11.6 Å². The first-order valence-corrected chi connectivity index (χ1v) is 7.59. The number of benzene rings is 2. The number of nitrogens with one attached hydrogen (secondary N) is 3. The number of aromatic nitrogens is 2. The van der Waals surface area contributed by atoms with Crippen LogP contribution < -0.4 is 16.0 Å². The number of hydrogen-bond acceptors (Lipinski definition) is 5. The van der Waals surface area contributed by atoms with Crippen LogP contribution in [-0.4, -0.2) is 15.9 Å². The van der Waals surface area contributed by atoms with Crippen LogP contribution in [0, 0.1) is 5.82 Å². The normalized spacial score (nSPS) is 10.2. The SMILES string of the molecule is CC(=O)Nc1cccc(Nc2nc(Nc3ccccc3)ncc2F)c1. The zero-order chi connectivity index (χ0) is 17.6. The molecule has 6 nitrogen and oxygen atoms in total. The summed E-state index contributed by atoms with van der Waals surface area (Å²) in [7, 11) is 0. The number of hydrogen-bond donors (Lipinski definition) is 3. The van der Waals surface area contributed by atoms with Gasteiger partial charge in [-0.25, -0.2) is 9.37 Å². The van der Waals surface area contributed by atoms with Crippen LogP contribution in [0.2, 0.25) is 0 Å². The number of nitrogens with zero attached hydrogens (tertiary/aromatic N) is 2. The fourth-order valence-electron chi connectivity index (χ4n) is 2.18. The standard InChI is InChI=1S/C18H16FN5O/c1-12(25)21-14-8-5-9-15(10-14)22-17-16(19)11-20-18(24-17)23-13-6-3-2-4-7-13/h2-11H,1H3,(H,21,25)(H2,20,22,23,24). The number of rotatable bonds is 5. The maximum Gasteiger partial charge on any atom is 0.229 e. The summed E-state index contributed by atoms with van der Waals surface area (Å²) in [5.74, 6) is -0.454. The van der Waals surface area contributed by atoms with Crippen LogP contribution in [0.25, 0.3) is 0 Å². The molecule has 0 bridgehead atoms. The lowest BCUT2D eigenvalue weighted by atomic mass is 10.2. The predicted molar refractivity (Wildman–Crippen MR) is 95.7 cm³/mol. The van der Waals surface area contributed by atoms with Gasteiger partial charge >= 0.3 is 0 Å². The highest BCUT2D eigenvalue weighted by molar-refractivity contribution is 5.89. The highest BCUT2D eigenvalue weighted by Gasteiger charge is 2.08. The van der Waals surface area contributed by atoms with Gasteiger partial charge < -0.3 is 16.0 Å². The molecule has 0 unspecified atom stereocenters. The van der Waals surface area contributed by atoms with Gasteiger partial charge in [-0.05, 0) is 30.3 Å². The molecule has 3 aromatic rings. The van der Waals surface area contributed by atoms with Gasteiger partial charge in [0.2, 0.25) is 11.9 Å². The smallest absolute Gasteiger partial charge is 0.229 e. The molecule has 0 aliphatic carbocycles. The number of anilines is 5. The quantitative estimate of drug-likeness (QED) is 0.654. The summed E-state index contributed by atoms with van der Waals surface area (Å²) >= 11 is 0. The maximum absolute atomic E-state index is 14.0. The number of halogens is 1. The van der Waals surface area contributed by atoms with Crippen molar-refractivity contribution in [2.45, 2.75) is 6.92 Å². The number of carbonyl (C=O) groups excluding carboxylic acids is 1. The van der Waals surface area contributed by atoms with Crippen LogP contribution in [0.15, 0.2) is 60.8 Å². The number of para-hydroxylation sites is 1. The Bertz CT molecular complexity index is 886. The molecule has 3 rings (SSSR count). The lowest BCUT2D eigenvalue weighted by Gasteiger charge is -2.10. The van der Waals surface area contributed by atoms with Gasteiger partial charge in [-0.15, -0.1) is 0 Å². The van der Waals surface area contributed by atoms with Gasteiger partial charge in [0.05, 0.1) is 6.20 Å². The van der Waals surface area contributed by atoms with E-state index < -0.39 is 5.82 Å². The summed E-state index contributed by atoms with van der Waals surface area (Å²) in [5, 5.41) is 8.58. The molecular weight excluding hydrogens is 321 g/mol. The first kappa shape index (κ1) is 16.4. The van der Waals surface area contributed by atoms with Crippen molar-refractivity contribution in [2.24, 2.45) is 0 Å². The molecule has 0 radical (unpaired) electrons. The van der Waals surface area contributed by atoms with Crippen LogP contribution in [0.1, 0.15) is 6.92 Å². The van der Waals surface area contributed by atoms with Gasteiger partial charge in [-0.2, -0.15) is 4.98 Å². The Labute approximate surface area is 144 Å². The van der Waals surface area contributed by atoms with Gasteiger partial charge in [-0.3, -0.25) is 4.79 Å². The van der Waals surface area contributed by atoms with Crippen molar-refractivity contribution in [1.82, 2.24) is 9.97 Å². The molecule has 0 saturated carbocycles. The molecule has 3 N–H and O–H groups in total. The average Bonchev–Trinajstić information content (AvgIpc) is 2.59. The molecule has 0 atom stereocenters. The summed E-state index contributed by atoms with van der Waals surface area (Å²) in [4.78, 5) is 19.2. The summed E-state index contributed by atoms with van der Waals surface area (Å²) in [5.41, 5.74) is 2.00. The van der Waals surface area contributed by atoms with Crippen molar-refractivity contribution in [3.63, 3.8) is 0 Å². The Morgan fingerprint density at radius 3 is 2.44 bits per heavy atom. The molecule has 126 valence electrons.